The molecule has 1 aliphatic rings. The van der Waals surface area contributed by atoms with Crippen LogP contribution in [-0.2, 0) is 17.6 Å². The lowest BCUT2D eigenvalue weighted by Gasteiger charge is -2.09. The van der Waals surface area contributed by atoms with Crippen LogP contribution in [0.4, 0.5) is 0 Å². The number of carboxylic acid groups (broad SMARTS) is 1. The van der Waals surface area contributed by atoms with Crippen LogP contribution in [0.2, 0.25) is 0 Å². The Morgan fingerprint density at radius 2 is 2.00 bits per heavy atom. The van der Waals surface area contributed by atoms with E-state index in [4.69, 9.17) is 9.84 Å². The number of carboxylic acids is 1. The maximum Gasteiger partial charge on any atom is 0.341 e. The fourth-order valence-electron chi connectivity index (χ4n) is 3.15. The van der Waals surface area contributed by atoms with Crippen LogP contribution in [0.3, 0.4) is 0 Å². The van der Waals surface area contributed by atoms with Crippen LogP contribution in [-0.4, -0.2) is 27.7 Å². The van der Waals surface area contributed by atoms with E-state index in [9.17, 15) is 9.59 Å². The van der Waals surface area contributed by atoms with Gasteiger partial charge in [0.05, 0.1) is 5.39 Å². The minimum absolute atomic E-state index is 0.0920. The number of aromatic nitrogens is 2. The van der Waals surface area contributed by atoms with Gasteiger partial charge in [-0.25, -0.2) is 9.78 Å². The second kappa shape index (κ2) is 6.33. The van der Waals surface area contributed by atoms with E-state index in [-0.39, 0.29) is 12.2 Å². The third-order valence-corrected chi connectivity index (χ3v) is 5.50. The topological polar surface area (TPSA) is 92.3 Å². The Morgan fingerprint density at radius 3 is 2.76 bits per heavy atom. The molecule has 6 nitrogen and oxygen atoms in total. The molecule has 0 spiro atoms. The van der Waals surface area contributed by atoms with E-state index >= 15 is 0 Å². The normalized spacial score (nSPS) is 13.6. The highest BCUT2D eigenvalue weighted by atomic mass is 32.1. The van der Waals surface area contributed by atoms with Crippen LogP contribution < -0.4 is 10.3 Å². The number of thiophene rings is 1. The molecule has 0 saturated heterocycles. The molecule has 7 heteroatoms. The van der Waals surface area contributed by atoms with Crippen molar-refractivity contribution in [2.45, 2.75) is 25.7 Å². The van der Waals surface area contributed by atoms with Gasteiger partial charge >= 0.3 is 5.97 Å². The summed E-state index contributed by atoms with van der Waals surface area (Å²) in [6.45, 7) is -0.388. The zero-order valence-electron chi connectivity index (χ0n) is 13.4. The van der Waals surface area contributed by atoms with E-state index in [0.29, 0.717) is 11.6 Å². The number of hydrogen-bond acceptors (Lipinski definition) is 5. The monoisotopic (exact) mass is 356 g/mol. The van der Waals surface area contributed by atoms with Crippen molar-refractivity contribution in [3.8, 4) is 17.1 Å². The van der Waals surface area contributed by atoms with Crippen LogP contribution in [0, 0.1) is 0 Å². The Morgan fingerprint density at radius 1 is 1.24 bits per heavy atom. The van der Waals surface area contributed by atoms with E-state index < -0.39 is 5.97 Å². The number of nitrogens with zero attached hydrogens (tertiary/aromatic N) is 1. The molecule has 0 unspecified atom stereocenters. The van der Waals surface area contributed by atoms with Crippen molar-refractivity contribution in [2.75, 3.05) is 6.61 Å². The van der Waals surface area contributed by atoms with Gasteiger partial charge in [-0.2, -0.15) is 0 Å². The minimum atomic E-state index is -1.03. The molecule has 0 radical (unpaired) electrons. The number of nitrogens with one attached hydrogen (secondary N) is 1. The molecule has 1 aromatic carbocycles. The molecule has 4 rings (SSSR count). The first-order valence-electron chi connectivity index (χ1n) is 8.11. The third-order valence-electron chi connectivity index (χ3n) is 4.32. The van der Waals surface area contributed by atoms with Gasteiger partial charge in [0, 0.05) is 10.4 Å². The Labute approximate surface area is 147 Å². The minimum Gasteiger partial charge on any atom is -0.482 e. The molecule has 1 aliphatic carbocycles. The smallest absolute Gasteiger partial charge is 0.341 e. The summed E-state index contributed by atoms with van der Waals surface area (Å²) in [7, 11) is 0. The Bertz CT molecular complexity index is 1000. The van der Waals surface area contributed by atoms with Crippen molar-refractivity contribution >= 4 is 27.5 Å². The molecule has 0 aliphatic heterocycles. The van der Waals surface area contributed by atoms with Crippen molar-refractivity contribution in [1.29, 1.82) is 0 Å². The highest BCUT2D eigenvalue weighted by Crippen LogP contribution is 2.34. The average Bonchev–Trinajstić information content (AvgIpc) is 2.99. The van der Waals surface area contributed by atoms with Crippen molar-refractivity contribution in [3.63, 3.8) is 0 Å². The lowest BCUT2D eigenvalue weighted by molar-refractivity contribution is -0.139. The van der Waals surface area contributed by atoms with Gasteiger partial charge in [0.15, 0.2) is 6.61 Å². The highest BCUT2D eigenvalue weighted by Gasteiger charge is 2.20. The number of hydrogen-bond donors (Lipinski definition) is 2. The zero-order valence-corrected chi connectivity index (χ0v) is 14.2. The van der Waals surface area contributed by atoms with Crippen molar-refractivity contribution < 1.29 is 14.6 Å². The maximum atomic E-state index is 12.6. The Hall–Kier alpha value is -2.67. The number of benzene rings is 1. The number of ether oxygens (including phenoxy) is 1. The second-order valence-electron chi connectivity index (χ2n) is 6.01. The number of aliphatic carboxylic acids is 1. The van der Waals surface area contributed by atoms with Gasteiger partial charge in [0.25, 0.3) is 5.56 Å². The number of carbonyl (C=O) groups is 1. The van der Waals surface area contributed by atoms with Crippen LogP contribution in [0.5, 0.6) is 5.75 Å². The van der Waals surface area contributed by atoms with Crippen LogP contribution >= 0.6 is 11.3 Å². The van der Waals surface area contributed by atoms with Crippen molar-refractivity contribution in [1.82, 2.24) is 9.97 Å². The summed E-state index contributed by atoms with van der Waals surface area (Å²) in [6.07, 6.45) is 4.27. The first kappa shape index (κ1) is 15.8. The van der Waals surface area contributed by atoms with Crippen molar-refractivity contribution in [2.24, 2.45) is 0 Å². The van der Waals surface area contributed by atoms with E-state index in [1.54, 1.807) is 35.6 Å². The molecule has 0 bridgehead atoms. The summed E-state index contributed by atoms with van der Waals surface area (Å²) in [4.78, 5) is 32.7. The molecule has 25 heavy (non-hydrogen) atoms. The third kappa shape index (κ3) is 3.02. The average molecular weight is 356 g/mol. The number of aryl methyl sites for hydroxylation is 2. The Balaban J connectivity index is 1.70. The van der Waals surface area contributed by atoms with Crippen molar-refractivity contribution in [3.05, 3.63) is 45.1 Å². The van der Waals surface area contributed by atoms with E-state index in [2.05, 4.69) is 9.97 Å². The fourth-order valence-corrected chi connectivity index (χ4v) is 4.42. The number of H-pyrrole nitrogens is 1. The zero-order chi connectivity index (χ0) is 17.4. The SMILES string of the molecule is O=C(O)COc1ccc(-c2nc3sc4c(c3c(=O)[nH]2)CCCC4)cc1. The summed E-state index contributed by atoms with van der Waals surface area (Å²) in [6, 6.07) is 6.85. The predicted octanol–water partition coefficient (Wildman–Crippen LogP) is 2.99. The lowest BCUT2D eigenvalue weighted by atomic mass is 9.97. The molecule has 2 aromatic heterocycles. The second-order valence-corrected chi connectivity index (χ2v) is 7.10. The maximum absolute atomic E-state index is 12.6. The lowest BCUT2D eigenvalue weighted by Crippen LogP contribution is -2.11. The van der Waals surface area contributed by atoms with E-state index in [0.717, 1.165) is 35.0 Å². The first-order chi connectivity index (χ1) is 12.1. The summed E-state index contributed by atoms with van der Waals surface area (Å²) in [5.41, 5.74) is 1.84. The quantitative estimate of drug-likeness (QED) is 0.750. The molecule has 128 valence electrons. The molecule has 0 saturated carbocycles. The van der Waals surface area contributed by atoms with Gasteiger partial charge in [-0.05, 0) is 55.5 Å². The molecular formula is C18H16N2O4S. The summed E-state index contributed by atoms with van der Waals surface area (Å²) in [5.74, 6) is -0.0516. The Kier molecular flexibility index (Phi) is 4.01. The molecule has 2 N–H and O–H groups in total. The molecule has 0 amide bonds. The largest absolute Gasteiger partial charge is 0.482 e. The number of aromatic amines is 1. The van der Waals surface area contributed by atoms with Crippen LogP contribution in [0.15, 0.2) is 29.1 Å². The number of rotatable bonds is 4. The predicted molar refractivity (Wildman–Crippen MR) is 95.4 cm³/mol. The van der Waals surface area contributed by atoms with Gasteiger partial charge in [0.1, 0.15) is 16.4 Å². The highest BCUT2D eigenvalue weighted by molar-refractivity contribution is 7.18. The van der Waals surface area contributed by atoms with E-state index in [1.807, 2.05) is 0 Å². The van der Waals surface area contributed by atoms with Crippen LogP contribution in [0.25, 0.3) is 21.6 Å². The standard InChI is InChI=1S/C18H16N2O4S/c21-14(22)9-24-11-7-5-10(6-8-11)16-19-17(23)15-12-3-1-2-4-13(12)25-18(15)20-16/h5-8H,1-4,9H2,(H,21,22)(H,19,20,23). The first-order valence-corrected chi connectivity index (χ1v) is 8.93. The summed E-state index contributed by atoms with van der Waals surface area (Å²) < 4.78 is 5.12. The molecule has 0 fully saturated rings. The molecule has 3 aromatic rings. The fraction of sp³-hybridized carbons (Fsp3) is 0.278. The van der Waals surface area contributed by atoms with Crippen LogP contribution in [0.1, 0.15) is 23.3 Å². The molecule has 2 heterocycles. The van der Waals surface area contributed by atoms with E-state index in [1.165, 1.54) is 16.9 Å². The summed E-state index contributed by atoms with van der Waals surface area (Å²) >= 11 is 1.62. The molecular weight excluding hydrogens is 340 g/mol. The van der Waals surface area contributed by atoms with Gasteiger partial charge in [0.2, 0.25) is 0 Å². The number of fused-ring (bicyclic) bond motifs is 3. The molecule has 0 atom stereocenters. The van der Waals surface area contributed by atoms with Gasteiger partial charge in [-0.15, -0.1) is 11.3 Å². The van der Waals surface area contributed by atoms with Gasteiger partial charge in [-0.1, -0.05) is 0 Å². The van der Waals surface area contributed by atoms with Gasteiger partial charge < -0.3 is 14.8 Å². The van der Waals surface area contributed by atoms with Gasteiger partial charge in [-0.3, -0.25) is 4.79 Å². The summed E-state index contributed by atoms with van der Waals surface area (Å²) in [5, 5.41) is 9.38.